The molecule has 3 rings (SSSR count). The molecule has 2 heterocycles. The third kappa shape index (κ3) is 2.70. The second-order valence-electron chi connectivity index (χ2n) is 4.39. The van der Waals surface area contributed by atoms with Gasteiger partial charge in [-0.25, -0.2) is 9.78 Å². The Morgan fingerprint density at radius 1 is 1.36 bits per heavy atom. The van der Waals surface area contributed by atoms with E-state index in [1.807, 2.05) is 30.5 Å². The Balaban J connectivity index is 1.96. The summed E-state index contributed by atoms with van der Waals surface area (Å²) in [7, 11) is 0. The number of aromatic amines is 1. The second kappa shape index (κ2) is 5.82. The molecule has 0 saturated carbocycles. The van der Waals surface area contributed by atoms with Crippen molar-refractivity contribution in [2.45, 2.75) is 4.90 Å². The number of aromatic carboxylic acids is 1. The van der Waals surface area contributed by atoms with E-state index in [9.17, 15) is 9.59 Å². The average molecular weight is 333 g/mol. The first kappa shape index (κ1) is 14.6. The molecule has 1 aromatic carbocycles. The van der Waals surface area contributed by atoms with Crippen molar-refractivity contribution >= 4 is 50.2 Å². The number of nitrogens with one attached hydrogen (secondary N) is 2. The maximum atomic E-state index is 12.1. The maximum Gasteiger partial charge on any atom is 0.341 e. The highest BCUT2D eigenvalue weighted by Crippen LogP contribution is 2.26. The van der Waals surface area contributed by atoms with Crippen LogP contribution in [-0.2, 0) is 0 Å². The van der Waals surface area contributed by atoms with Crippen LogP contribution < -0.4 is 10.7 Å². The molecule has 112 valence electrons. The zero-order valence-corrected chi connectivity index (χ0v) is 13.0. The maximum absolute atomic E-state index is 12.1. The van der Waals surface area contributed by atoms with E-state index in [2.05, 4.69) is 15.3 Å². The highest BCUT2D eigenvalue weighted by Gasteiger charge is 2.15. The smallest absolute Gasteiger partial charge is 0.341 e. The van der Waals surface area contributed by atoms with E-state index in [-0.39, 0.29) is 5.56 Å². The number of pyridine rings is 1. The molecule has 2 aromatic heterocycles. The van der Waals surface area contributed by atoms with Crippen LogP contribution in [0.1, 0.15) is 10.4 Å². The van der Waals surface area contributed by atoms with Crippen molar-refractivity contribution < 1.29 is 9.90 Å². The number of carboxylic acids is 1. The van der Waals surface area contributed by atoms with Gasteiger partial charge in [0.25, 0.3) is 0 Å². The molecule has 0 aliphatic carbocycles. The zero-order chi connectivity index (χ0) is 15.7. The van der Waals surface area contributed by atoms with Crippen LogP contribution in [0.5, 0.6) is 0 Å². The summed E-state index contributed by atoms with van der Waals surface area (Å²) in [6.07, 6.45) is 3.17. The van der Waals surface area contributed by atoms with Gasteiger partial charge < -0.3 is 15.4 Å². The molecule has 22 heavy (non-hydrogen) atoms. The fraction of sp³-hybridized carbons (Fsp3) is 0.0714. The van der Waals surface area contributed by atoms with Gasteiger partial charge in [-0.2, -0.15) is 0 Å². The van der Waals surface area contributed by atoms with Gasteiger partial charge in [0.05, 0.1) is 0 Å². The van der Waals surface area contributed by atoms with Gasteiger partial charge in [-0.3, -0.25) is 4.79 Å². The summed E-state index contributed by atoms with van der Waals surface area (Å²) in [6.45, 7) is 0. The van der Waals surface area contributed by atoms with Crippen LogP contribution >= 0.6 is 23.1 Å². The molecule has 3 aromatic rings. The standard InChI is InChI=1S/C14H11N3O3S2/c1-21-8-4-2-7(3-5-8)16-14-17-12-11(22-14)10(18)9(6-15-12)13(19)20/h2-6H,1H3,(H,19,20)(H2,15,16,17,18). The predicted molar refractivity (Wildman–Crippen MR) is 88.7 cm³/mol. The number of rotatable bonds is 4. The van der Waals surface area contributed by atoms with Crippen molar-refractivity contribution in [1.82, 2.24) is 9.97 Å². The van der Waals surface area contributed by atoms with E-state index in [0.29, 0.717) is 15.5 Å². The van der Waals surface area contributed by atoms with E-state index >= 15 is 0 Å². The number of carbonyl (C=O) groups is 1. The number of thiazole rings is 1. The van der Waals surface area contributed by atoms with Gasteiger partial charge in [0, 0.05) is 16.8 Å². The highest BCUT2D eigenvalue weighted by molar-refractivity contribution is 7.98. The number of hydrogen-bond acceptors (Lipinski definition) is 6. The number of H-pyrrole nitrogens is 1. The molecule has 6 nitrogen and oxygen atoms in total. The molecular weight excluding hydrogens is 322 g/mol. The number of aromatic nitrogens is 2. The third-order valence-corrected chi connectivity index (χ3v) is 4.72. The summed E-state index contributed by atoms with van der Waals surface area (Å²) in [6, 6.07) is 7.80. The number of benzene rings is 1. The fourth-order valence-corrected chi connectivity index (χ4v) is 3.22. The highest BCUT2D eigenvalue weighted by atomic mass is 32.2. The van der Waals surface area contributed by atoms with Crippen LogP contribution in [0, 0.1) is 0 Å². The molecule has 0 radical (unpaired) electrons. The SMILES string of the molecule is CSc1ccc(Nc2nc3[nH]cc(C(=O)O)c(=O)c3s2)cc1. The molecule has 8 heteroatoms. The van der Waals surface area contributed by atoms with Gasteiger partial charge in [-0.05, 0) is 30.5 Å². The first-order chi connectivity index (χ1) is 10.6. The van der Waals surface area contributed by atoms with Gasteiger partial charge in [0.15, 0.2) is 10.8 Å². The van der Waals surface area contributed by atoms with Crippen LogP contribution in [-0.4, -0.2) is 27.3 Å². The minimum absolute atomic E-state index is 0.285. The molecular formula is C14H11N3O3S2. The first-order valence-corrected chi connectivity index (χ1v) is 8.29. The lowest BCUT2D eigenvalue weighted by Crippen LogP contribution is -2.14. The van der Waals surface area contributed by atoms with Gasteiger partial charge in [-0.15, -0.1) is 11.8 Å². The van der Waals surface area contributed by atoms with Crippen molar-refractivity contribution in [1.29, 1.82) is 0 Å². The third-order valence-electron chi connectivity index (χ3n) is 3.00. The lowest BCUT2D eigenvalue weighted by Gasteiger charge is -2.02. The second-order valence-corrected chi connectivity index (χ2v) is 6.27. The number of hydrogen-bond donors (Lipinski definition) is 3. The topological polar surface area (TPSA) is 95.1 Å². The van der Waals surface area contributed by atoms with Gasteiger partial charge in [0.2, 0.25) is 5.43 Å². The number of anilines is 2. The largest absolute Gasteiger partial charge is 0.477 e. The molecule has 0 amide bonds. The molecule has 0 saturated heterocycles. The Labute approximate surface area is 133 Å². The molecule has 3 N–H and O–H groups in total. The van der Waals surface area contributed by atoms with E-state index < -0.39 is 11.4 Å². The summed E-state index contributed by atoms with van der Waals surface area (Å²) in [5.41, 5.74) is 0.419. The van der Waals surface area contributed by atoms with E-state index in [4.69, 9.17) is 5.11 Å². The zero-order valence-electron chi connectivity index (χ0n) is 11.4. The summed E-state index contributed by atoms with van der Waals surface area (Å²) in [5.74, 6) is -1.25. The molecule has 0 aliphatic rings. The van der Waals surface area contributed by atoms with Crippen molar-refractivity contribution in [3.8, 4) is 0 Å². The Morgan fingerprint density at radius 2 is 2.09 bits per heavy atom. The molecule has 0 spiro atoms. The van der Waals surface area contributed by atoms with Crippen molar-refractivity contribution in [3.05, 3.63) is 46.2 Å². The van der Waals surface area contributed by atoms with Gasteiger partial charge in [-0.1, -0.05) is 11.3 Å². The summed E-state index contributed by atoms with van der Waals surface area (Å²) >= 11 is 2.78. The molecule has 0 unspecified atom stereocenters. The van der Waals surface area contributed by atoms with Crippen LogP contribution in [0.4, 0.5) is 10.8 Å². The van der Waals surface area contributed by atoms with Crippen molar-refractivity contribution in [3.63, 3.8) is 0 Å². The molecule has 0 fully saturated rings. The number of thioether (sulfide) groups is 1. The Kier molecular flexibility index (Phi) is 3.86. The van der Waals surface area contributed by atoms with Crippen molar-refractivity contribution in [2.24, 2.45) is 0 Å². The van der Waals surface area contributed by atoms with Crippen LogP contribution in [0.3, 0.4) is 0 Å². The van der Waals surface area contributed by atoms with Gasteiger partial charge in [0.1, 0.15) is 10.3 Å². The number of carboxylic acid groups (broad SMARTS) is 1. The minimum Gasteiger partial charge on any atom is -0.477 e. The van der Waals surface area contributed by atoms with Crippen LogP contribution in [0.15, 0.2) is 40.2 Å². The Bertz CT molecular complexity index is 900. The first-order valence-electron chi connectivity index (χ1n) is 6.25. The Hall–Kier alpha value is -2.32. The normalized spacial score (nSPS) is 10.8. The predicted octanol–water partition coefficient (Wildman–Crippen LogP) is 3.15. The van der Waals surface area contributed by atoms with Crippen LogP contribution in [0.2, 0.25) is 0 Å². The summed E-state index contributed by atoms with van der Waals surface area (Å²) < 4.78 is 0.295. The molecule has 0 aliphatic heterocycles. The molecule has 0 bridgehead atoms. The summed E-state index contributed by atoms with van der Waals surface area (Å²) in [5, 5.41) is 12.6. The number of nitrogens with zero attached hydrogens (tertiary/aromatic N) is 1. The Morgan fingerprint density at radius 3 is 2.73 bits per heavy atom. The quantitative estimate of drug-likeness (QED) is 0.635. The van der Waals surface area contributed by atoms with Crippen molar-refractivity contribution in [2.75, 3.05) is 11.6 Å². The fourth-order valence-electron chi connectivity index (χ4n) is 1.91. The van der Waals surface area contributed by atoms with Gasteiger partial charge >= 0.3 is 5.97 Å². The minimum atomic E-state index is -1.25. The monoisotopic (exact) mass is 333 g/mol. The van der Waals surface area contributed by atoms with E-state index in [1.54, 1.807) is 11.8 Å². The average Bonchev–Trinajstić information content (AvgIpc) is 2.91. The number of fused-ring (bicyclic) bond motifs is 1. The lowest BCUT2D eigenvalue weighted by atomic mass is 10.3. The van der Waals surface area contributed by atoms with E-state index in [0.717, 1.165) is 21.9 Å². The molecule has 0 atom stereocenters. The van der Waals surface area contributed by atoms with Crippen LogP contribution in [0.25, 0.3) is 10.3 Å². The van der Waals surface area contributed by atoms with E-state index in [1.165, 1.54) is 6.20 Å². The lowest BCUT2D eigenvalue weighted by molar-refractivity contribution is 0.0695. The summed E-state index contributed by atoms with van der Waals surface area (Å²) in [4.78, 5) is 31.2.